The molecule has 0 atom stereocenters. The fraction of sp³-hybridized carbons (Fsp3) is 0.167. The molecule has 0 unspecified atom stereocenters. The molecular weight excluding hydrogens is 104 g/mol. The lowest BCUT2D eigenvalue weighted by molar-refractivity contribution is -0.132. The molecule has 0 aromatic heterocycles. The van der Waals surface area contributed by atoms with Gasteiger partial charge in [0.1, 0.15) is 0 Å². The molecule has 0 aromatic carbocycles. The molecule has 1 N–H and O–H groups in total. The van der Waals surface area contributed by atoms with E-state index in [4.69, 9.17) is 5.11 Å². The number of aliphatic carboxylic acids is 1. The van der Waals surface area contributed by atoms with Crippen molar-refractivity contribution in [2.75, 3.05) is 0 Å². The van der Waals surface area contributed by atoms with Crippen LogP contribution in [0.1, 0.15) is 6.92 Å². The summed E-state index contributed by atoms with van der Waals surface area (Å²) in [7, 11) is 0. The highest BCUT2D eigenvalue weighted by molar-refractivity contribution is 5.86. The second kappa shape index (κ2) is 3.02. The summed E-state index contributed by atoms with van der Waals surface area (Å²) in [5.41, 5.74) is 0.306. The fourth-order valence-electron chi connectivity index (χ4n) is 0.248. The van der Waals surface area contributed by atoms with Gasteiger partial charge in [-0.05, 0) is 6.92 Å². The third-order valence-electron chi connectivity index (χ3n) is 0.705. The van der Waals surface area contributed by atoms with E-state index < -0.39 is 5.97 Å². The summed E-state index contributed by atoms with van der Waals surface area (Å²) in [6.07, 6.45) is 2.89. The first-order chi connectivity index (χ1) is 3.68. The van der Waals surface area contributed by atoms with Gasteiger partial charge in [0.25, 0.3) is 0 Å². The van der Waals surface area contributed by atoms with Gasteiger partial charge in [-0.15, -0.1) is 0 Å². The number of hydrogen-bond donors (Lipinski definition) is 1. The Morgan fingerprint density at radius 1 is 1.75 bits per heavy atom. The van der Waals surface area contributed by atoms with Crippen LogP contribution in [0.25, 0.3) is 0 Å². The molecule has 0 saturated heterocycles. The molecule has 0 heterocycles. The zero-order chi connectivity index (χ0) is 6.57. The molecule has 44 valence electrons. The molecule has 0 spiro atoms. The molecule has 0 aliphatic carbocycles. The van der Waals surface area contributed by atoms with E-state index in [1.165, 1.54) is 19.1 Å². The van der Waals surface area contributed by atoms with Crippen LogP contribution in [0.5, 0.6) is 0 Å². The highest BCUT2D eigenvalue weighted by Gasteiger charge is 1.94. The smallest absolute Gasteiger partial charge is 0.331 e. The van der Waals surface area contributed by atoms with Crippen LogP contribution < -0.4 is 0 Å². The second-order valence-corrected chi connectivity index (χ2v) is 1.39. The minimum absolute atomic E-state index is 0.306. The van der Waals surface area contributed by atoms with E-state index in [9.17, 15) is 4.79 Å². The summed E-state index contributed by atoms with van der Waals surface area (Å²) in [6, 6.07) is 0. The molecule has 2 heteroatoms. The largest absolute Gasteiger partial charge is 0.478 e. The second-order valence-electron chi connectivity index (χ2n) is 1.39. The Morgan fingerprint density at radius 2 is 2.25 bits per heavy atom. The van der Waals surface area contributed by atoms with E-state index >= 15 is 0 Å². The summed E-state index contributed by atoms with van der Waals surface area (Å²) in [6.45, 7) is 4.86. The van der Waals surface area contributed by atoms with E-state index in [1.54, 1.807) is 0 Å². The van der Waals surface area contributed by atoms with E-state index in [-0.39, 0.29) is 0 Å². The lowest BCUT2D eigenvalue weighted by atomic mass is 10.3. The summed E-state index contributed by atoms with van der Waals surface area (Å²) < 4.78 is 0. The topological polar surface area (TPSA) is 37.3 Å². The molecule has 0 aliphatic rings. The van der Waals surface area contributed by atoms with Crippen molar-refractivity contribution in [2.45, 2.75) is 6.92 Å². The van der Waals surface area contributed by atoms with Crippen molar-refractivity contribution in [3.63, 3.8) is 0 Å². The lowest BCUT2D eigenvalue weighted by Crippen LogP contribution is -1.94. The first-order valence-corrected chi connectivity index (χ1v) is 2.21. The quantitative estimate of drug-likeness (QED) is 0.430. The summed E-state index contributed by atoms with van der Waals surface area (Å²) in [5, 5.41) is 8.20. The van der Waals surface area contributed by atoms with Gasteiger partial charge in [0.05, 0.1) is 0 Å². The number of carbonyl (C=O) groups is 1. The van der Waals surface area contributed by atoms with Gasteiger partial charge < -0.3 is 5.11 Å². The number of carboxylic acids is 1. The summed E-state index contributed by atoms with van der Waals surface area (Å²) >= 11 is 0. The van der Waals surface area contributed by atoms with Gasteiger partial charge in [0.2, 0.25) is 0 Å². The molecule has 0 amide bonds. The molecule has 0 aliphatic heterocycles. The third-order valence-corrected chi connectivity index (χ3v) is 0.705. The summed E-state index contributed by atoms with van der Waals surface area (Å²) in [5.74, 6) is -0.898. The number of carboxylic acid groups (broad SMARTS) is 1. The molecule has 8 heavy (non-hydrogen) atoms. The fourth-order valence-corrected chi connectivity index (χ4v) is 0.248. The van der Waals surface area contributed by atoms with Gasteiger partial charge in [-0.25, -0.2) is 4.79 Å². The van der Waals surface area contributed by atoms with Gasteiger partial charge in [-0.1, -0.05) is 18.7 Å². The molecule has 0 radical (unpaired) electrons. The Morgan fingerprint density at radius 3 is 2.38 bits per heavy atom. The Hall–Kier alpha value is -1.05. The lowest BCUT2D eigenvalue weighted by Gasteiger charge is -1.84. The first kappa shape index (κ1) is 6.95. The van der Waals surface area contributed by atoms with Crippen molar-refractivity contribution in [3.05, 3.63) is 24.3 Å². The summed E-state index contributed by atoms with van der Waals surface area (Å²) in [4.78, 5) is 9.97. The average molecular weight is 112 g/mol. The molecule has 2 nitrogen and oxygen atoms in total. The molecule has 0 fully saturated rings. The number of rotatable bonds is 2. The number of allylic oxidation sites excluding steroid dienone is 2. The highest BCUT2D eigenvalue weighted by atomic mass is 16.4. The van der Waals surface area contributed by atoms with Crippen LogP contribution in [0.4, 0.5) is 0 Å². The van der Waals surface area contributed by atoms with E-state index in [0.29, 0.717) is 5.57 Å². The zero-order valence-corrected chi connectivity index (χ0v) is 4.72. The Bertz CT molecular complexity index is 133. The van der Waals surface area contributed by atoms with Crippen molar-refractivity contribution >= 4 is 5.97 Å². The maximum Gasteiger partial charge on any atom is 0.331 e. The maximum absolute atomic E-state index is 9.97. The van der Waals surface area contributed by atoms with Gasteiger partial charge in [-0.3, -0.25) is 0 Å². The van der Waals surface area contributed by atoms with Crippen molar-refractivity contribution < 1.29 is 9.90 Å². The van der Waals surface area contributed by atoms with Crippen LogP contribution in [0.2, 0.25) is 0 Å². The predicted molar refractivity (Wildman–Crippen MR) is 31.6 cm³/mol. The minimum Gasteiger partial charge on any atom is -0.478 e. The number of hydrogen-bond acceptors (Lipinski definition) is 1. The van der Waals surface area contributed by atoms with Crippen molar-refractivity contribution in [1.82, 2.24) is 0 Å². The standard InChI is InChI=1S/C6H8O2/c1-3-4-5(2)6(7)8/h3-4H,1H2,2H3,(H,7,8)/b5-4-. The molecule has 0 aromatic rings. The van der Waals surface area contributed by atoms with E-state index in [2.05, 4.69) is 6.58 Å². The predicted octanol–water partition coefficient (Wildman–Crippen LogP) is 1.20. The molecule has 0 bridgehead atoms. The van der Waals surface area contributed by atoms with Crippen molar-refractivity contribution in [2.24, 2.45) is 0 Å². The normalized spacial score (nSPS) is 10.9. The van der Waals surface area contributed by atoms with Crippen LogP contribution in [0, 0.1) is 0 Å². The van der Waals surface area contributed by atoms with Crippen LogP contribution in [0.3, 0.4) is 0 Å². The van der Waals surface area contributed by atoms with Gasteiger partial charge in [0.15, 0.2) is 0 Å². The van der Waals surface area contributed by atoms with Crippen LogP contribution >= 0.6 is 0 Å². The average Bonchev–Trinajstić information content (AvgIpc) is 1.67. The SMILES string of the molecule is C=C/C=C(/C)C(=O)O. The Balaban J connectivity index is 3.99. The molecular formula is C6H8O2. The van der Waals surface area contributed by atoms with Gasteiger partial charge >= 0.3 is 5.97 Å². The third kappa shape index (κ3) is 2.18. The van der Waals surface area contributed by atoms with Crippen LogP contribution in [0.15, 0.2) is 24.3 Å². The van der Waals surface area contributed by atoms with E-state index in [0.717, 1.165) is 0 Å². The maximum atomic E-state index is 9.97. The minimum atomic E-state index is -0.898. The molecule has 0 saturated carbocycles. The van der Waals surface area contributed by atoms with Gasteiger partial charge in [0, 0.05) is 5.57 Å². The Kier molecular flexibility index (Phi) is 2.62. The van der Waals surface area contributed by atoms with Gasteiger partial charge in [-0.2, -0.15) is 0 Å². The zero-order valence-electron chi connectivity index (χ0n) is 4.72. The van der Waals surface area contributed by atoms with Crippen LogP contribution in [-0.2, 0) is 4.79 Å². The van der Waals surface area contributed by atoms with Crippen LogP contribution in [-0.4, -0.2) is 11.1 Å². The Labute approximate surface area is 48.1 Å². The van der Waals surface area contributed by atoms with E-state index in [1.807, 2.05) is 0 Å². The van der Waals surface area contributed by atoms with Crippen molar-refractivity contribution in [1.29, 1.82) is 0 Å². The first-order valence-electron chi connectivity index (χ1n) is 2.21. The van der Waals surface area contributed by atoms with Crippen molar-refractivity contribution in [3.8, 4) is 0 Å². The highest BCUT2D eigenvalue weighted by Crippen LogP contribution is 1.89. The molecule has 0 rings (SSSR count). The monoisotopic (exact) mass is 112 g/mol.